The van der Waals surface area contributed by atoms with E-state index in [0.29, 0.717) is 23.7 Å². The van der Waals surface area contributed by atoms with E-state index in [-0.39, 0.29) is 29.2 Å². The van der Waals surface area contributed by atoms with Gasteiger partial charge >= 0.3 is 0 Å². The fraction of sp³-hybridized carbons (Fsp3) is 0.375. The smallest absolute Gasteiger partial charge is 0.271 e. The minimum absolute atomic E-state index is 0.0284. The molecule has 0 saturated carbocycles. The number of hydrogen-bond acceptors (Lipinski definition) is 9. The Bertz CT molecular complexity index is 1430. The lowest BCUT2D eigenvalue weighted by molar-refractivity contribution is -0.111. The average molecular weight is 587 g/mol. The van der Waals surface area contributed by atoms with Crippen molar-refractivity contribution < 1.29 is 14.3 Å². The van der Waals surface area contributed by atoms with Gasteiger partial charge in [0, 0.05) is 67.8 Å². The number of nitrogens with zero attached hydrogens (tertiary/aromatic N) is 5. The van der Waals surface area contributed by atoms with E-state index in [2.05, 4.69) is 49.3 Å². The highest BCUT2D eigenvalue weighted by Gasteiger charge is 2.22. The Labute approximate surface area is 253 Å². The number of primary amides is 1. The second kappa shape index (κ2) is 14.6. The molecule has 11 nitrogen and oxygen atoms in total. The van der Waals surface area contributed by atoms with Gasteiger partial charge in [-0.2, -0.15) is 4.98 Å². The summed E-state index contributed by atoms with van der Waals surface area (Å²) < 4.78 is 6.19. The first-order valence-corrected chi connectivity index (χ1v) is 14.6. The van der Waals surface area contributed by atoms with Gasteiger partial charge in [0.1, 0.15) is 11.4 Å². The van der Waals surface area contributed by atoms with E-state index in [1.807, 2.05) is 51.2 Å². The van der Waals surface area contributed by atoms with Crippen molar-refractivity contribution in [3.05, 3.63) is 72.1 Å². The lowest BCUT2D eigenvalue weighted by atomic mass is 10.1. The summed E-state index contributed by atoms with van der Waals surface area (Å²) in [5, 5.41) is 6.06. The summed E-state index contributed by atoms with van der Waals surface area (Å²) in [5.74, 6) is -0.140. The molecule has 3 aromatic rings. The molecule has 4 N–H and O–H groups in total. The summed E-state index contributed by atoms with van der Waals surface area (Å²) in [4.78, 5) is 40.8. The zero-order valence-corrected chi connectivity index (χ0v) is 25.6. The number of rotatable bonds is 12. The Kier molecular flexibility index (Phi) is 10.7. The molecule has 1 aliphatic rings. The van der Waals surface area contributed by atoms with Crippen LogP contribution >= 0.6 is 0 Å². The van der Waals surface area contributed by atoms with E-state index in [1.165, 1.54) is 6.08 Å². The van der Waals surface area contributed by atoms with Crippen molar-refractivity contribution in [1.29, 1.82) is 0 Å². The van der Waals surface area contributed by atoms with Crippen LogP contribution in [0.2, 0.25) is 0 Å². The number of nitrogens with one attached hydrogen (secondary N) is 2. The molecule has 2 aromatic carbocycles. The normalized spacial score (nSPS) is 14.0. The first-order chi connectivity index (χ1) is 20.6. The number of carbonyl (C=O) groups is 2. The van der Waals surface area contributed by atoms with Gasteiger partial charge in [0.25, 0.3) is 5.91 Å². The molecule has 43 heavy (non-hydrogen) atoms. The van der Waals surface area contributed by atoms with Crippen molar-refractivity contribution in [3.63, 3.8) is 0 Å². The van der Waals surface area contributed by atoms with Gasteiger partial charge in [0.2, 0.25) is 11.8 Å². The summed E-state index contributed by atoms with van der Waals surface area (Å²) in [6.07, 6.45) is 3.33. The maximum atomic E-state index is 12.4. The highest BCUT2D eigenvalue weighted by atomic mass is 16.5. The van der Waals surface area contributed by atoms with Gasteiger partial charge in [0.15, 0.2) is 11.5 Å². The number of likely N-dealkylation sites (N-methyl/N-ethyl adjacent to an activating group) is 2. The first-order valence-electron chi connectivity index (χ1n) is 14.6. The summed E-state index contributed by atoms with van der Waals surface area (Å²) >= 11 is 0. The van der Waals surface area contributed by atoms with Crippen molar-refractivity contribution in [2.75, 3.05) is 68.9 Å². The molecule has 228 valence electrons. The van der Waals surface area contributed by atoms with Gasteiger partial charge in [0.05, 0.1) is 0 Å². The highest BCUT2D eigenvalue weighted by Crippen LogP contribution is 2.32. The molecule has 0 aliphatic carbocycles. The first kappa shape index (κ1) is 31.5. The third-order valence-corrected chi connectivity index (χ3v) is 7.21. The molecule has 1 aliphatic heterocycles. The minimum Gasteiger partial charge on any atom is -0.437 e. The second-order valence-corrected chi connectivity index (χ2v) is 11.0. The van der Waals surface area contributed by atoms with Crippen molar-refractivity contribution in [1.82, 2.24) is 19.8 Å². The molecule has 0 unspecified atom stereocenters. The van der Waals surface area contributed by atoms with Crippen molar-refractivity contribution >= 4 is 34.7 Å². The number of anilines is 4. The third-order valence-electron chi connectivity index (χ3n) is 7.21. The van der Waals surface area contributed by atoms with E-state index >= 15 is 0 Å². The van der Waals surface area contributed by atoms with Gasteiger partial charge in [-0.25, -0.2) is 4.98 Å². The Morgan fingerprint density at radius 2 is 1.79 bits per heavy atom. The number of hydrogen-bond donors (Lipinski definition) is 3. The van der Waals surface area contributed by atoms with Crippen LogP contribution < -0.4 is 26.0 Å². The zero-order valence-electron chi connectivity index (χ0n) is 25.6. The molecule has 0 radical (unpaired) electrons. The van der Waals surface area contributed by atoms with Crippen LogP contribution in [-0.4, -0.2) is 84.9 Å². The predicted molar refractivity (Wildman–Crippen MR) is 172 cm³/mol. The topological polar surface area (TPSA) is 129 Å². The largest absolute Gasteiger partial charge is 0.437 e. The molecule has 0 spiro atoms. The van der Waals surface area contributed by atoms with Crippen LogP contribution in [0.15, 0.2) is 60.7 Å². The fourth-order valence-corrected chi connectivity index (χ4v) is 4.50. The van der Waals surface area contributed by atoms with Gasteiger partial charge < -0.3 is 35.8 Å². The molecule has 0 bridgehead atoms. The Morgan fingerprint density at radius 3 is 2.44 bits per heavy atom. The zero-order chi connectivity index (χ0) is 30.9. The number of carbonyl (C=O) groups excluding carboxylic acids is 2. The second-order valence-electron chi connectivity index (χ2n) is 11.0. The SMILES string of the molecule is CCN(C)C/C=C/C(=O)Nc1cccc(Oc2nc(Nc3ccc(N4CCN(C)CC4)cc3)c(C(N)=O)nc2C(C)C)c1. The van der Waals surface area contributed by atoms with Crippen LogP contribution in [-0.2, 0) is 4.79 Å². The number of benzene rings is 2. The highest BCUT2D eigenvalue weighted by molar-refractivity contribution is 5.99. The van der Waals surface area contributed by atoms with Crippen molar-refractivity contribution in [2.24, 2.45) is 5.73 Å². The summed E-state index contributed by atoms with van der Waals surface area (Å²) in [6.45, 7) is 11.5. The van der Waals surface area contributed by atoms with E-state index in [9.17, 15) is 9.59 Å². The molecule has 1 aromatic heterocycles. The van der Waals surface area contributed by atoms with Crippen molar-refractivity contribution in [3.8, 4) is 11.6 Å². The lowest BCUT2D eigenvalue weighted by Gasteiger charge is -2.34. The van der Waals surface area contributed by atoms with Crippen LogP contribution in [0.1, 0.15) is 42.9 Å². The van der Waals surface area contributed by atoms with E-state index in [4.69, 9.17) is 10.5 Å². The maximum Gasteiger partial charge on any atom is 0.271 e. The molecule has 2 heterocycles. The van der Waals surface area contributed by atoms with Gasteiger partial charge in [-0.3, -0.25) is 9.59 Å². The van der Waals surface area contributed by atoms with Gasteiger partial charge in [-0.15, -0.1) is 0 Å². The number of aromatic nitrogens is 2. The summed E-state index contributed by atoms with van der Waals surface area (Å²) in [7, 11) is 4.12. The van der Waals surface area contributed by atoms with E-state index in [0.717, 1.165) is 44.1 Å². The molecule has 11 heteroatoms. The summed E-state index contributed by atoms with van der Waals surface area (Å²) in [6, 6.07) is 15.0. The summed E-state index contributed by atoms with van der Waals surface area (Å²) in [5.41, 5.74) is 8.68. The van der Waals surface area contributed by atoms with Crippen LogP contribution in [0.5, 0.6) is 11.6 Å². The standard InChI is InChI=1S/C32H42N8O3/c1-6-38(4)16-8-11-27(41)34-24-9-7-10-26(21-24)43-32-28(22(2)3)36-29(30(33)42)31(37-32)35-23-12-14-25(15-13-23)40-19-17-39(5)18-20-40/h7-15,21-22H,6,16-20H2,1-5H3,(H2,33,42)(H,34,41)(H,35,37)/b11-8+. The van der Waals surface area contributed by atoms with Crippen LogP contribution in [0, 0.1) is 0 Å². The molecular weight excluding hydrogens is 544 g/mol. The Morgan fingerprint density at radius 1 is 1.07 bits per heavy atom. The quantitative estimate of drug-likeness (QED) is 0.264. The Hall–Kier alpha value is -4.48. The molecule has 2 amide bonds. The molecule has 1 saturated heterocycles. The van der Waals surface area contributed by atoms with Crippen molar-refractivity contribution in [2.45, 2.75) is 26.7 Å². The number of nitrogens with two attached hydrogens (primary N) is 1. The molecule has 4 rings (SSSR count). The average Bonchev–Trinajstić information content (AvgIpc) is 2.98. The lowest BCUT2D eigenvalue weighted by Crippen LogP contribution is -2.44. The van der Waals surface area contributed by atoms with E-state index in [1.54, 1.807) is 24.3 Å². The van der Waals surface area contributed by atoms with Crippen LogP contribution in [0.25, 0.3) is 0 Å². The fourth-order valence-electron chi connectivity index (χ4n) is 4.50. The minimum atomic E-state index is -0.694. The number of ether oxygens (including phenoxy) is 1. The molecule has 0 atom stereocenters. The van der Waals surface area contributed by atoms with Crippen LogP contribution in [0.3, 0.4) is 0 Å². The monoisotopic (exact) mass is 586 g/mol. The molecule has 1 fully saturated rings. The van der Waals surface area contributed by atoms with Gasteiger partial charge in [-0.05, 0) is 57.0 Å². The third kappa shape index (κ3) is 8.76. The number of piperazine rings is 1. The predicted octanol–water partition coefficient (Wildman–Crippen LogP) is 4.43. The molecular formula is C32H42N8O3. The van der Waals surface area contributed by atoms with Crippen LogP contribution in [0.4, 0.5) is 22.9 Å². The number of amides is 2. The Balaban J connectivity index is 1.54. The van der Waals surface area contributed by atoms with Gasteiger partial charge in [-0.1, -0.05) is 32.9 Å². The maximum absolute atomic E-state index is 12.4. The van der Waals surface area contributed by atoms with E-state index < -0.39 is 5.91 Å².